The first kappa shape index (κ1) is 35.5. The van der Waals surface area contributed by atoms with E-state index in [-0.39, 0.29) is 5.56 Å². The third-order valence-electron chi connectivity index (χ3n) is 5.64. The van der Waals surface area contributed by atoms with E-state index in [0.29, 0.717) is 17.8 Å². The lowest BCUT2D eigenvalue weighted by Gasteiger charge is -2.08. The minimum absolute atomic E-state index is 0.113. The molecule has 0 spiro atoms. The molecule has 0 fully saturated rings. The fourth-order valence-corrected chi connectivity index (χ4v) is 3.67. The van der Waals surface area contributed by atoms with E-state index >= 15 is 0 Å². The lowest BCUT2D eigenvalue weighted by molar-refractivity contribution is 0.390. The van der Waals surface area contributed by atoms with Crippen molar-refractivity contribution in [1.82, 2.24) is 14.5 Å². The summed E-state index contributed by atoms with van der Waals surface area (Å²) in [6, 6.07) is 18.2. The van der Waals surface area contributed by atoms with Crippen LogP contribution in [0.15, 0.2) is 78.0 Å². The maximum Gasteiger partial charge on any atom is 0.253 e. The lowest BCUT2D eigenvalue weighted by Crippen LogP contribution is -2.20. The van der Waals surface area contributed by atoms with Crippen LogP contribution in [0.1, 0.15) is 104 Å². The van der Waals surface area contributed by atoms with Crippen molar-refractivity contribution in [2.75, 3.05) is 7.11 Å². The fraction of sp³-hybridized carbons (Fsp3) is 0.441. The molecule has 0 unspecified atom stereocenters. The summed E-state index contributed by atoms with van der Waals surface area (Å²) >= 11 is 0. The molecular weight excluding hydrogens is 482 g/mol. The van der Waals surface area contributed by atoms with Crippen molar-refractivity contribution in [3.05, 3.63) is 100 Å². The number of rotatable bonds is 4. The molecule has 39 heavy (non-hydrogen) atoms. The first-order valence-electron chi connectivity index (χ1n) is 14.1. The van der Waals surface area contributed by atoms with Gasteiger partial charge < -0.3 is 9.30 Å². The highest BCUT2D eigenvalue weighted by molar-refractivity contribution is 5.84. The van der Waals surface area contributed by atoms with Crippen LogP contribution in [0.4, 0.5) is 0 Å². The molecule has 4 aromatic rings. The molecule has 0 saturated carbocycles. The molecule has 0 radical (unpaired) electrons. The normalized spacial score (nSPS) is 9.82. The Morgan fingerprint density at radius 3 is 1.79 bits per heavy atom. The summed E-state index contributed by atoms with van der Waals surface area (Å²) in [5, 5.41) is 2.56. The van der Waals surface area contributed by atoms with Gasteiger partial charge in [-0.3, -0.25) is 9.78 Å². The summed E-state index contributed by atoms with van der Waals surface area (Å²) in [4.78, 5) is 19.9. The highest BCUT2D eigenvalue weighted by Crippen LogP contribution is 2.23. The maximum absolute atomic E-state index is 11.4. The van der Waals surface area contributed by atoms with Gasteiger partial charge in [0.15, 0.2) is 0 Å². The smallest absolute Gasteiger partial charge is 0.253 e. The van der Waals surface area contributed by atoms with E-state index in [2.05, 4.69) is 68.0 Å². The van der Waals surface area contributed by atoms with Gasteiger partial charge >= 0.3 is 0 Å². The Balaban J connectivity index is 0.000000524. The number of aromatic nitrogens is 3. The number of methoxy groups -OCH3 is 1. The van der Waals surface area contributed by atoms with Crippen LogP contribution in [0.2, 0.25) is 0 Å². The quantitative estimate of drug-likeness (QED) is 0.262. The summed E-state index contributed by atoms with van der Waals surface area (Å²) in [7, 11) is 3.42. The number of nitrogens with zero attached hydrogens (tertiary/aromatic N) is 3. The van der Waals surface area contributed by atoms with Crippen molar-refractivity contribution in [2.45, 2.75) is 87.0 Å². The van der Waals surface area contributed by atoms with Gasteiger partial charge in [0, 0.05) is 42.2 Å². The molecule has 0 aliphatic carbocycles. The van der Waals surface area contributed by atoms with E-state index in [1.165, 1.54) is 16.5 Å². The number of benzene rings is 1. The Hall–Kier alpha value is -3.47. The fourth-order valence-electron chi connectivity index (χ4n) is 3.67. The van der Waals surface area contributed by atoms with Crippen LogP contribution in [-0.4, -0.2) is 21.6 Å². The van der Waals surface area contributed by atoms with Crippen LogP contribution in [0.25, 0.3) is 10.8 Å². The molecule has 3 aromatic heterocycles. The van der Waals surface area contributed by atoms with Gasteiger partial charge in [-0.25, -0.2) is 4.98 Å². The van der Waals surface area contributed by atoms with E-state index in [0.717, 1.165) is 17.0 Å². The zero-order chi connectivity index (χ0) is 30.0. The SMILES string of the molecule is CC.CC.CC(C)c1cccn(C)c1=O.CC(C)c1nccc2ccccc12.COc1ncccc1C(C)C. The summed E-state index contributed by atoms with van der Waals surface area (Å²) in [5.41, 5.74) is 3.35. The van der Waals surface area contributed by atoms with Crippen molar-refractivity contribution in [3.8, 4) is 5.88 Å². The lowest BCUT2D eigenvalue weighted by atomic mass is 10.0. The number of fused-ring (bicyclic) bond motifs is 1. The van der Waals surface area contributed by atoms with Crippen molar-refractivity contribution in [3.63, 3.8) is 0 Å². The summed E-state index contributed by atoms with van der Waals surface area (Å²) in [6.07, 6.45) is 5.40. The molecule has 214 valence electrons. The van der Waals surface area contributed by atoms with E-state index in [9.17, 15) is 4.79 Å². The van der Waals surface area contributed by atoms with Crippen LogP contribution in [0, 0.1) is 0 Å². The Morgan fingerprint density at radius 1 is 0.692 bits per heavy atom. The molecule has 5 heteroatoms. The number of hydrogen-bond donors (Lipinski definition) is 0. The summed E-state index contributed by atoms with van der Waals surface area (Å²) in [5.74, 6) is 2.02. The Morgan fingerprint density at radius 2 is 1.28 bits per heavy atom. The second kappa shape index (κ2) is 19.6. The number of pyridine rings is 3. The molecule has 4 rings (SSSR count). The van der Waals surface area contributed by atoms with Gasteiger partial charge in [0.05, 0.1) is 12.8 Å². The predicted molar refractivity (Wildman–Crippen MR) is 169 cm³/mol. The molecule has 3 heterocycles. The van der Waals surface area contributed by atoms with E-state index in [4.69, 9.17) is 4.74 Å². The topological polar surface area (TPSA) is 57.0 Å². The Bertz CT molecular complexity index is 1260. The van der Waals surface area contributed by atoms with Crippen LogP contribution in [0.3, 0.4) is 0 Å². The second-order valence-electron chi connectivity index (χ2n) is 9.36. The van der Waals surface area contributed by atoms with Crippen LogP contribution in [0.5, 0.6) is 5.88 Å². The zero-order valence-electron chi connectivity index (χ0n) is 26.3. The molecular formula is C34H51N3O2. The molecule has 0 amide bonds. The average Bonchev–Trinajstić information content (AvgIpc) is 2.96. The van der Waals surface area contributed by atoms with Gasteiger partial charge in [-0.05, 0) is 41.3 Å². The van der Waals surface area contributed by atoms with Gasteiger partial charge in [0.2, 0.25) is 5.88 Å². The van der Waals surface area contributed by atoms with Crippen LogP contribution in [-0.2, 0) is 7.05 Å². The molecule has 0 aliphatic heterocycles. The van der Waals surface area contributed by atoms with E-state index in [1.54, 1.807) is 31.1 Å². The van der Waals surface area contributed by atoms with Gasteiger partial charge in [-0.1, -0.05) is 106 Å². The van der Waals surface area contributed by atoms with Crippen molar-refractivity contribution < 1.29 is 4.74 Å². The number of aryl methyl sites for hydroxylation is 1. The summed E-state index contributed by atoms with van der Waals surface area (Å²) in [6.45, 7) is 20.6. The monoisotopic (exact) mass is 533 g/mol. The third-order valence-corrected chi connectivity index (χ3v) is 5.64. The second-order valence-corrected chi connectivity index (χ2v) is 9.36. The molecule has 0 aliphatic rings. The molecule has 0 N–H and O–H groups in total. The van der Waals surface area contributed by atoms with Crippen molar-refractivity contribution in [1.29, 1.82) is 0 Å². The zero-order valence-corrected chi connectivity index (χ0v) is 26.3. The first-order chi connectivity index (χ1) is 18.7. The molecule has 1 aromatic carbocycles. The van der Waals surface area contributed by atoms with Gasteiger partial charge in [-0.2, -0.15) is 0 Å². The summed E-state index contributed by atoms with van der Waals surface area (Å²) < 4.78 is 6.70. The molecule has 0 saturated heterocycles. The van der Waals surface area contributed by atoms with Crippen LogP contribution >= 0.6 is 0 Å². The minimum atomic E-state index is 0.113. The predicted octanol–water partition coefficient (Wildman–Crippen LogP) is 9.13. The standard InChI is InChI=1S/C12H13N.2C9H13NO.2C2H6/c1-9(2)12-11-6-4-3-5-10(11)7-8-13-12;1-7(2)8-5-4-6-10-9(8)11-3;1-7(2)8-5-4-6-10(3)9(8)11;2*1-2/h3-9H,1-2H3;2*4-7H,1-3H3;2*1-2H3. The van der Waals surface area contributed by atoms with Gasteiger partial charge in [-0.15, -0.1) is 0 Å². The van der Waals surface area contributed by atoms with Crippen LogP contribution < -0.4 is 10.3 Å². The van der Waals surface area contributed by atoms with Crippen molar-refractivity contribution in [2.24, 2.45) is 7.05 Å². The highest BCUT2D eigenvalue weighted by Gasteiger charge is 2.06. The highest BCUT2D eigenvalue weighted by atomic mass is 16.5. The number of hydrogen-bond acceptors (Lipinski definition) is 4. The average molecular weight is 534 g/mol. The largest absolute Gasteiger partial charge is 0.481 e. The van der Waals surface area contributed by atoms with E-state index < -0.39 is 0 Å². The Labute approximate surface area is 237 Å². The third kappa shape index (κ3) is 11.4. The number of ether oxygens (including phenoxy) is 1. The molecule has 0 atom stereocenters. The van der Waals surface area contributed by atoms with Gasteiger partial charge in [0.25, 0.3) is 5.56 Å². The first-order valence-corrected chi connectivity index (χ1v) is 14.1. The maximum atomic E-state index is 11.4. The van der Waals surface area contributed by atoms with Crippen molar-refractivity contribution >= 4 is 10.8 Å². The molecule has 5 nitrogen and oxygen atoms in total. The van der Waals surface area contributed by atoms with E-state index in [1.807, 2.05) is 72.0 Å². The molecule has 0 bridgehead atoms. The Kier molecular flexibility index (Phi) is 17.8. The van der Waals surface area contributed by atoms with Gasteiger partial charge in [0.1, 0.15) is 0 Å². The minimum Gasteiger partial charge on any atom is -0.481 e.